The number of carboxylic acid groups (broad SMARTS) is 1. The van der Waals surface area contributed by atoms with E-state index in [4.69, 9.17) is 5.11 Å². The molecule has 0 radical (unpaired) electrons. The molecule has 0 aromatic heterocycles. The van der Waals surface area contributed by atoms with Crippen LogP contribution in [-0.4, -0.2) is 16.9 Å². The average molecular weight is 298 g/mol. The number of hydrogen-bond acceptors (Lipinski definition) is 2. The standard InChI is InChI=1S/C18H34O3/c1-12(15(20)21)10-18(8,9)14(19)13(17(5,6)7)11-16(2,3)4/h12-13H,10-11H2,1-9H3,(H,20,21). The normalized spacial score (nSPS) is 16.4. The third kappa shape index (κ3) is 6.62. The molecule has 0 fully saturated rings. The molecule has 0 bridgehead atoms. The molecule has 2 unspecified atom stereocenters. The lowest BCUT2D eigenvalue weighted by molar-refractivity contribution is -0.144. The summed E-state index contributed by atoms with van der Waals surface area (Å²) < 4.78 is 0. The highest BCUT2D eigenvalue weighted by atomic mass is 16.4. The Hall–Kier alpha value is -0.860. The highest BCUT2D eigenvalue weighted by molar-refractivity contribution is 5.87. The third-order valence-electron chi connectivity index (χ3n) is 4.08. The number of Topliss-reactive ketones (excluding diaryl/α,β-unsaturated/α-hetero) is 1. The van der Waals surface area contributed by atoms with Crippen molar-refractivity contribution in [2.75, 3.05) is 0 Å². The maximum absolute atomic E-state index is 13.1. The van der Waals surface area contributed by atoms with Gasteiger partial charge in [0.25, 0.3) is 0 Å². The first-order valence-corrected chi connectivity index (χ1v) is 7.85. The van der Waals surface area contributed by atoms with Gasteiger partial charge in [0, 0.05) is 11.3 Å². The van der Waals surface area contributed by atoms with Crippen LogP contribution < -0.4 is 0 Å². The summed E-state index contributed by atoms with van der Waals surface area (Å²) in [5, 5.41) is 9.10. The molecule has 0 aliphatic heterocycles. The number of carbonyl (C=O) groups is 2. The van der Waals surface area contributed by atoms with Gasteiger partial charge in [-0.1, -0.05) is 62.3 Å². The summed E-state index contributed by atoms with van der Waals surface area (Å²) in [5.41, 5.74) is -0.656. The van der Waals surface area contributed by atoms with Crippen LogP contribution in [0.3, 0.4) is 0 Å². The molecule has 124 valence electrons. The molecule has 0 saturated heterocycles. The molecule has 21 heavy (non-hydrogen) atoms. The van der Waals surface area contributed by atoms with Crippen LogP contribution in [0.4, 0.5) is 0 Å². The largest absolute Gasteiger partial charge is 0.481 e. The Kier molecular flexibility index (Phi) is 6.23. The average Bonchev–Trinajstić information content (AvgIpc) is 2.21. The van der Waals surface area contributed by atoms with Gasteiger partial charge in [-0.3, -0.25) is 9.59 Å². The molecule has 0 amide bonds. The van der Waals surface area contributed by atoms with Crippen LogP contribution in [0.2, 0.25) is 0 Å². The van der Waals surface area contributed by atoms with Crippen LogP contribution in [-0.2, 0) is 9.59 Å². The van der Waals surface area contributed by atoms with Crippen LogP contribution in [0.15, 0.2) is 0 Å². The molecule has 3 nitrogen and oxygen atoms in total. The van der Waals surface area contributed by atoms with E-state index in [0.717, 1.165) is 6.42 Å². The molecular formula is C18H34O3. The number of ketones is 1. The second-order valence-corrected chi connectivity index (χ2v) is 9.37. The fourth-order valence-corrected chi connectivity index (χ4v) is 2.83. The highest BCUT2D eigenvalue weighted by Crippen LogP contribution is 2.42. The van der Waals surface area contributed by atoms with Gasteiger partial charge in [-0.2, -0.15) is 0 Å². The zero-order valence-electron chi connectivity index (χ0n) is 15.3. The number of hydrogen-bond donors (Lipinski definition) is 1. The van der Waals surface area contributed by atoms with E-state index in [2.05, 4.69) is 41.5 Å². The van der Waals surface area contributed by atoms with E-state index in [1.807, 2.05) is 13.8 Å². The molecule has 0 aliphatic rings. The predicted molar refractivity (Wildman–Crippen MR) is 87.2 cm³/mol. The molecule has 0 aromatic rings. The second kappa shape index (κ2) is 6.50. The summed E-state index contributed by atoms with van der Waals surface area (Å²) in [6.45, 7) is 18.2. The van der Waals surface area contributed by atoms with Crippen LogP contribution in [0.5, 0.6) is 0 Å². The van der Waals surface area contributed by atoms with E-state index < -0.39 is 17.3 Å². The third-order valence-corrected chi connectivity index (χ3v) is 4.08. The van der Waals surface area contributed by atoms with E-state index in [0.29, 0.717) is 6.42 Å². The van der Waals surface area contributed by atoms with Crippen molar-refractivity contribution in [3.05, 3.63) is 0 Å². The van der Waals surface area contributed by atoms with Crippen molar-refractivity contribution < 1.29 is 14.7 Å². The smallest absolute Gasteiger partial charge is 0.306 e. The van der Waals surface area contributed by atoms with Gasteiger partial charge in [-0.25, -0.2) is 0 Å². The summed E-state index contributed by atoms with van der Waals surface area (Å²) >= 11 is 0. The Bertz CT molecular complexity index is 380. The summed E-state index contributed by atoms with van der Waals surface area (Å²) in [4.78, 5) is 24.1. The Labute approximate surface area is 130 Å². The van der Waals surface area contributed by atoms with Crippen molar-refractivity contribution in [1.82, 2.24) is 0 Å². The minimum absolute atomic E-state index is 0.0616. The van der Waals surface area contributed by atoms with E-state index in [-0.39, 0.29) is 22.5 Å². The molecule has 2 atom stereocenters. The number of carbonyl (C=O) groups excluding carboxylic acids is 1. The van der Waals surface area contributed by atoms with Gasteiger partial charge in [0.2, 0.25) is 0 Å². The first-order valence-electron chi connectivity index (χ1n) is 7.85. The van der Waals surface area contributed by atoms with Crippen molar-refractivity contribution in [2.45, 2.75) is 75.2 Å². The Balaban J connectivity index is 5.33. The quantitative estimate of drug-likeness (QED) is 0.767. The van der Waals surface area contributed by atoms with E-state index in [9.17, 15) is 9.59 Å². The fraction of sp³-hybridized carbons (Fsp3) is 0.889. The second-order valence-electron chi connectivity index (χ2n) is 9.37. The van der Waals surface area contributed by atoms with Gasteiger partial charge in [-0.05, 0) is 23.7 Å². The monoisotopic (exact) mass is 298 g/mol. The Morgan fingerprint density at radius 2 is 1.33 bits per heavy atom. The van der Waals surface area contributed by atoms with Crippen molar-refractivity contribution in [3.8, 4) is 0 Å². The van der Waals surface area contributed by atoms with Crippen molar-refractivity contribution in [2.24, 2.45) is 28.1 Å². The molecule has 3 heteroatoms. The van der Waals surface area contributed by atoms with Gasteiger partial charge in [0.15, 0.2) is 0 Å². The first-order chi connectivity index (χ1) is 9.08. The maximum Gasteiger partial charge on any atom is 0.306 e. The molecule has 0 heterocycles. The van der Waals surface area contributed by atoms with Crippen LogP contribution in [0.1, 0.15) is 75.2 Å². The Morgan fingerprint density at radius 1 is 0.905 bits per heavy atom. The Morgan fingerprint density at radius 3 is 1.62 bits per heavy atom. The number of rotatable bonds is 6. The molecular weight excluding hydrogens is 264 g/mol. The highest BCUT2D eigenvalue weighted by Gasteiger charge is 2.42. The SMILES string of the molecule is CC(CC(C)(C)C(=O)C(CC(C)(C)C)C(C)(C)C)C(=O)O. The topological polar surface area (TPSA) is 54.4 Å². The predicted octanol–water partition coefficient (Wildman–Crippen LogP) is 4.79. The van der Waals surface area contributed by atoms with Crippen molar-refractivity contribution >= 4 is 11.8 Å². The van der Waals surface area contributed by atoms with E-state index >= 15 is 0 Å². The molecule has 0 saturated carbocycles. The minimum Gasteiger partial charge on any atom is -0.481 e. The van der Waals surface area contributed by atoms with Crippen LogP contribution >= 0.6 is 0 Å². The first kappa shape index (κ1) is 20.1. The molecule has 0 rings (SSSR count). The number of carboxylic acids is 1. The van der Waals surface area contributed by atoms with Gasteiger partial charge >= 0.3 is 5.97 Å². The molecule has 0 aromatic carbocycles. The van der Waals surface area contributed by atoms with Gasteiger partial charge in [-0.15, -0.1) is 0 Å². The van der Waals surface area contributed by atoms with Gasteiger partial charge in [0.1, 0.15) is 5.78 Å². The molecule has 0 spiro atoms. The number of aliphatic carboxylic acids is 1. The van der Waals surface area contributed by atoms with Crippen molar-refractivity contribution in [3.63, 3.8) is 0 Å². The summed E-state index contributed by atoms with van der Waals surface area (Å²) in [7, 11) is 0. The van der Waals surface area contributed by atoms with E-state index in [1.54, 1.807) is 6.92 Å². The summed E-state index contributed by atoms with van der Waals surface area (Å²) in [6, 6.07) is 0. The molecule has 0 aliphatic carbocycles. The lowest BCUT2D eigenvalue weighted by Gasteiger charge is -2.39. The zero-order valence-corrected chi connectivity index (χ0v) is 15.3. The summed E-state index contributed by atoms with van der Waals surface area (Å²) in [6.07, 6.45) is 1.21. The van der Waals surface area contributed by atoms with Crippen LogP contribution in [0, 0.1) is 28.1 Å². The zero-order chi connectivity index (χ0) is 17.2. The lowest BCUT2D eigenvalue weighted by atomic mass is 9.64. The van der Waals surface area contributed by atoms with E-state index in [1.165, 1.54) is 0 Å². The minimum atomic E-state index is -0.834. The fourth-order valence-electron chi connectivity index (χ4n) is 2.83. The van der Waals surface area contributed by atoms with Crippen molar-refractivity contribution in [1.29, 1.82) is 0 Å². The van der Waals surface area contributed by atoms with Gasteiger partial charge < -0.3 is 5.11 Å². The van der Waals surface area contributed by atoms with Crippen LogP contribution in [0.25, 0.3) is 0 Å². The summed E-state index contributed by atoms with van der Waals surface area (Å²) in [5.74, 6) is -1.20. The lowest BCUT2D eigenvalue weighted by Crippen LogP contribution is -2.41. The maximum atomic E-state index is 13.1. The molecule has 1 N–H and O–H groups in total. The van der Waals surface area contributed by atoms with Gasteiger partial charge in [0.05, 0.1) is 5.92 Å².